The predicted molar refractivity (Wildman–Crippen MR) is 150 cm³/mol. The third kappa shape index (κ3) is 6.71. The van der Waals surface area contributed by atoms with E-state index in [2.05, 4.69) is 0 Å². The Balaban J connectivity index is 1.65. The second-order valence-electron chi connectivity index (χ2n) is 11.1. The lowest BCUT2D eigenvalue weighted by Gasteiger charge is -2.36. The summed E-state index contributed by atoms with van der Waals surface area (Å²) in [7, 11) is 0. The van der Waals surface area contributed by atoms with Gasteiger partial charge in [-0.2, -0.15) is 26.3 Å². The fourth-order valence-corrected chi connectivity index (χ4v) is 6.30. The zero-order chi connectivity index (χ0) is 32.6. The van der Waals surface area contributed by atoms with Crippen molar-refractivity contribution in [2.24, 2.45) is 17.8 Å². The van der Waals surface area contributed by atoms with Crippen LogP contribution in [0.4, 0.5) is 32.0 Å². The largest absolute Gasteiger partial charge is 0.508 e. The van der Waals surface area contributed by atoms with Crippen LogP contribution in [0.25, 0.3) is 6.08 Å². The van der Waals surface area contributed by atoms with Gasteiger partial charge in [-0.15, -0.1) is 0 Å². The van der Waals surface area contributed by atoms with Gasteiger partial charge in [0.1, 0.15) is 5.75 Å². The molecule has 1 fully saturated rings. The number of allylic oxidation sites excluding steroid dienone is 2. The number of imide groups is 1. The first kappa shape index (κ1) is 33.3. The second kappa shape index (κ2) is 12.8. The summed E-state index contributed by atoms with van der Waals surface area (Å²) >= 11 is 0. The molecular weight excluding hydrogens is 592 g/mol. The maximum absolute atomic E-state index is 13.6. The minimum absolute atomic E-state index is 0.0318. The summed E-state index contributed by atoms with van der Waals surface area (Å²) in [4.78, 5) is 27.5. The summed E-state index contributed by atoms with van der Waals surface area (Å²) in [6.07, 6.45) is -8.05. The monoisotopic (exact) mass is 625 g/mol. The molecule has 1 saturated heterocycles. The molecule has 2 aliphatic rings. The van der Waals surface area contributed by atoms with Crippen LogP contribution in [0.5, 0.6) is 5.75 Å². The third-order valence-electron chi connectivity index (χ3n) is 8.43. The number of alkyl halides is 6. The molecule has 0 aromatic heterocycles. The van der Waals surface area contributed by atoms with Gasteiger partial charge in [-0.05, 0) is 73.6 Å². The topological polar surface area (TPSA) is 98.1 Å². The zero-order valence-corrected chi connectivity index (χ0v) is 24.0. The Morgan fingerprint density at radius 3 is 2.16 bits per heavy atom. The number of anilines is 1. The summed E-state index contributed by atoms with van der Waals surface area (Å²) in [6.45, 7) is 3.02. The lowest BCUT2D eigenvalue weighted by Crippen LogP contribution is -2.39. The van der Waals surface area contributed by atoms with Crippen LogP contribution in [-0.4, -0.2) is 39.8 Å². The highest BCUT2D eigenvalue weighted by molar-refractivity contribution is 6.22. The van der Waals surface area contributed by atoms with E-state index in [4.69, 9.17) is 0 Å². The Hall–Kier alpha value is -3.64. The molecule has 2 aromatic carbocycles. The molecule has 238 valence electrons. The predicted octanol–water partition coefficient (Wildman–Crippen LogP) is 6.89. The third-order valence-corrected chi connectivity index (χ3v) is 8.43. The molecule has 0 spiro atoms. The van der Waals surface area contributed by atoms with Crippen LogP contribution in [0.1, 0.15) is 62.6 Å². The number of fused-ring (bicyclic) bond motifs is 1. The number of aromatic hydroxyl groups is 1. The van der Waals surface area contributed by atoms with Gasteiger partial charge < -0.3 is 15.3 Å². The van der Waals surface area contributed by atoms with Crippen molar-refractivity contribution in [3.63, 3.8) is 0 Å². The molecule has 4 atom stereocenters. The Morgan fingerprint density at radius 2 is 1.64 bits per heavy atom. The maximum Gasteiger partial charge on any atom is 0.416 e. The van der Waals surface area contributed by atoms with Crippen LogP contribution < -0.4 is 4.90 Å². The average molecular weight is 626 g/mol. The highest BCUT2D eigenvalue weighted by Crippen LogP contribution is 2.49. The van der Waals surface area contributed by atoms with Crippen LogP contribution in [0.3, 0.4) is 0 Å². The number of phenols is 1. The molecule has 12 heteroatoms. The molecule has 2 aromatic rings. The van der Waals surface area contributed by atoms with E-state index in [0.717, 1.165) is 11.1 Å². The summed E-state index contributed by atoms with van der Waals surface area (Å²) in [5.74, 6) is -5.33. The quantitative estimate of drug-likeness (QED) is 0.160. The number of benzene rings is 2. The standard InChI is InChI=1S/C32H33F6NO5/c1-3-17(10-18-6-5-7-23(41)11-18)8-9-26(42)27-19(4-2)12-24-28(25(27)16-40)30(44)39(29(24)43)22-14-20(31(33,34)35)13-21(15-22)32(36,37)38/h5-7,10-11,13-15,24-26,28,40-42H,3-4,8-9,12,16H2,1-2H3/b17-10+/t24-,25+,26-,28-/m1/s1. The van der Waals surface area contributed by atoms with Crippen LogP contribution in [0.15, 0.2) is 59.2 Å². The fourth-order valence-electron chi connectivity index (χ4n) is 6.30. The van der Waals surface area contributed by atoms with Crippen molar-refractivity contribution in [2.75, 3.05) is 11.5 Å². The number of amides is 2. The number of phenolic OH excluding ortho intramolecular Hbond substituents is 1. The highest BCUT2D eigenvalue weighted by Gasteiger charge is 2.55. The molecule has 0 bridgehead atoms. The maximum atomic E-state index is 13.6. The van der Waals surface area contributed by atoms with E-state index >= 15 is 0 Å². The van der Waals surface area contributed by atoms with Crippen molar-refractivity contribution >= 4 is 23.6 Å². The molecule has 1 aliphatic heterocycles. The number of carbonyl (C=O) groups excluding carboxylic acids is 2. The number of aliphatic hydroxyl groups is 2. The Kier molecular flexibility index (Phi) is 9.65. The van der Waals surface area contributed by atoms with Gasteiger partial charge in [0.25, 0.3) is 0 Å². The normalized spacial score (nSPS) is 22.1. The van der Waals surface area contributed by atoms with E-state index in [-0.39, 0.29) is 24.7 Å². The first-order chi connectivity index (χ1) is 20.6. The van der Waals surface area contributed by atoms with Crippen LogP contribution in [0.2, 0.25) is 0 Å². The molecule has 4 rings (SSSR count). The molecule has 44 heavy (non-hydrogen) atoms. The van der Waals surface area contributed by atoms with Crippen LogP contribution >= 0.6 is 0 Å². The van der Waals surface area contributed by atoms with Crippen molar-refractivity contribution in [1.29, 1.82) is 0 Å². The van der Waals surface area contributed by atoms with Crippen molar-refractivity contribution in [2.45, 2.75) is 64.4 Å². The van der Waals surface area contributed by atoms with Crippen molar-refractivity contribution in [3.05, 3.63) is 75.9 Å². The van der Waals surface area contributed by atoms with E-state index in [1.165, 1.54) is 6.07 Å². The summed E-state index contributed by atoms with van der Waals surface area (Å²) in [5.41, 5.74) is -1.49. The molecule has 0 unspecified atom stereocenters. The number of hydrogen-bond acceptors (Lipinski definition) is 5. The Bertz CT molecular complexity index is 1450. The SMILES string of the molecule is CCC1=C([C@H](O)CC/C(=C/c2cccc(O)c2)CC)[C@H](CO)[C@@H]2C(=O)N(c3cc(C(F)(F)F)cc(C(F)(F)F)c3)C(=O)[C@@H]2C1. The first-order valence-corrected chi connectivity index (χ1v) is 14.3. The van der Waals surface area contributed by atoms with Gasteiger partial charge in [0.2, 0.25) is 11.8 Å². The van der Waals surface area contributed by atoms with Gasteiger partial charge in [0, 0.05) is 5.92 Å². The number of hydrogen-bond donors (Lipinski definition) is 3. The number of rotatable bonds is 9. The van der Waals surface area contributed by atoms with Gasteiger partial charge >= 0.3 is 12.4 Å². The lowest BCUT2D eigenvalue weighted by atomic mass is 9.67. The highest BCUT2D eigenvalue weighted by atomic mass is 19.4. The average Bonchev–Trinajstić information content (AvgIpc) is 3.21. The molecule has 0 radical (unpaired) electrons. The number of halogens is 6. The molecule has 0 saturated carbocycles. The Morgan fingerprint density at radius 1 is 1.00 bits per heavy atom. The minimum Gasteiger partial charge on any atom is -0.508 e. The van der Waals surface area contributed by atoms with E-state index in [1.807, 2.05) is 19.1 Å². The second-order valence-corrected chi connectivity index (χ2v) is 11.1. The summed E-state index contributed by atoms with van der Waals surface area (Å²) in [5, 5.41) is 31.5. The van der Waals surface area contributed by atoms with Crippen molar-refractivity contribution < 1.29 is 51.3 Å². The first-order valence-electron chi connectivity index (χ1n) is 14.3. The van der Waals surface area contributed by atoms with Gasteiger partial charge in [-0.25, -0.2) is 4.90 Å². The molecule has 3 N–H and O–H groups in total. The number of aliphatic hydroxyl groups excluding tert-OH is 2. The molecular formula is C32H33F6NO5. The van der Waals surface area contributed by atoms with Crippen LogP contribution in [0, 0.1) is 17.8 Å². The van der Waals surface area contributed by atoms with E-state index < -0.39 is 71.4 Å². The van der Waals surface area contributed by atoms with E-state index in [9.17, 15) is 51.3 Å². The van der Waals surface area contributed by atoms with E-state index in [0.29, 0.717) is 47.4 Å². The van der Waals surface area contributed by atoms with Crippen molar-refractivity contribution in [3.8, 4) is 5.75 Å². The minimum atomic E-state index is -5.18. The molecule has 2 amide bonds. The molecule has 6 nitrogen and oxygen atoms in total. The van der Waals surface area contributed by atoms with Crippen LogP contribution in [-0.2, 0) is 21.9 Å². The number of nitrogens with zero attached hydrogens (tertiary/aromatic N) is 1. The van der Waals surface area contributed by atoms with E-state index in [1.54, 1.807) is 19.1 Å². The lowest BCUT2D eigenvalue weighted by molar-refractivity contribution is -0.143. The van der Waals surface area contributed by atoms with Gasteiger partial charge in [0.15, 0.2) is 0 Å². The molecule has 1 aliphatic carbocycles. The Labute approximate surface area is 250 Å². The van der Waals surface area contributed by atoms with Gasteiger partial charge in [-0.1, -0.05) is 43.2 Å². The summed E-state index contributed by atoms with van der Waals surface area (Å²) in [6, 6.07) is 7.22. The van der Waals surface area contributed by atoms with Crippen molar-refractivity contribution in [1.82, 2.24) is 0 Å². The number of carbonyl (C=O) groups is 2. The van der Waals surface area contributed by atoms with Gasteiger partial charge in [0.05, 0.1) is 41.4 Å². The van der Waals surface area contributed by atoms with Gasteiger partial charge in [-0.3, -0.25) is 9.59 Å². The summed E-state index contributed by atoms with van der Waals surface area (Å²) < 4.78 is 81.1. The smallest absolute Gasteiger partial charge is 0.416 e. The fraction of sp³-hybridized carbons (Fsp3) is 0.438. The zero-order valence-electron chi connectivity index (χ0n) is 24.0. The molecule has 1 heterocycles.